The number of hydrogen-bond acceptors (Lipinski definition) is 2. The van der Waals surface area contributed by atoms with E-state index in [2.05, 4.69) is 171 Å². The first-order valence-corrected chi connectivity index (χ1v) is 25.3. The van der Waals surface area contributed by atoms with Gasteiger partial charge in [0.15, 0.2) is 0 Å². The van der Waals surface area contributed by atoms with E-state index >= 15 is 0 Å². The Morgan fingerprint density at radius 1 is 0.548 bits per heavy atom. The van der Waals surface area contributed by atoms with Gasteiger partial charge in [0, 0.05) is 28.6 Å². The Bertz CT molecular complexity index is 4090. The van der Waals surface area contributed by atoms with E-state index in [1.165, 1.54) is 5.56 Å². The minimum Gasteiger partial charge on any atom is -0.458 e. The van der Waals surface area contributed by atoms with Gasteiger partial charge < -0.3 is 4.74 Å². The number of nitrogens with zero attached hydrogens (tertiary/aromatic N) is 4. The Hall–Kier alpha value is -8.02. The zero-order chi connectivity index (χ0) is 55.2. The van der Waals surface area contributed by atoms with Crippen LogP contribution in [0.2, 0.25) is 0 Å². The van der Waals surface area contributed by atoms with Crippen molar-refractivity contribution in [2.45, 2.75) is 86.0 Å². The Morgan fingerprint density at radius 3 is 1.89 bits per heavy atom. The monoisotopic (exact) mass is 958 g/mol. The molecule has 0 spiro atoms. The quantitative estimate of drug-likeness (QED) is 0.107. The number of ether oxygens (including phenoxy) is 1. The van der Waals surface area contributed by atoms with Crippen LogP contribution in [0, 0.1) is 11.7 Å². The number of para-hydroxylation sites is 4. The minimum absolute atomic E-state index is 0.000168. The van der Waals surface area contributed by atoms with Gasteiger partial charge in [-0.2, -0.15) is 0 Å². The highest BCUT2D eigenvalue weighted by molar-refractivity contribution is 6.09. The van der Waals surface area contributed by atoms with Crippen molar-refractivity contribution in [1.29, 1.82) is 0 Å². The highest BCUT2D eigenvalue weighted by atomic mass is 16.5. The van der Waals surface area contributed by atoms with Gasteiger partial charge in [0.25, 0.3) is 6.33 Å². The van der Waals surface area contributed by atoms with E-state index in [1.54, 1.807) is 0 Å². The maximum atomic E-state index is 9.25. The molecule has 8 aromatic carbocycles. The molecule has 11 aromatic rings. The third-order valence-corrected chi connectivity index (χ3v) is 14.5. The van der Waals surface area contributed by atoms with Crippen LogP contribution in [0.3, 0.4) is 0 Å². The molecule has 0 saturated carbocycles. The van der Waals surface area contributed by atoms with E-state index in [-0.39, 0.29) is 39.8 Å². The molecule has 0 fully saturated rings. The molecule has 1 atom stereocenters. The first kappa shape index (κ1) is 41.6. The standard InChI is InChI=1S/C68H64N4O/c1-45(66(2,3)4)58-42-64(69-43-59(58)47-25-15-12-16-26-47)72-60-32-18-17-29-56(60)57-36-35-53(41-63(57)72)73-52-28-21-27-51(40-52)70-44-71(62-34-20-19-33-61(62)70)65-54(46-23-13-11-14-24-46)30-22-31-55(65)48-37-49(67(5,6)7)39-50(38-48)68(8,9)10/h11-43,45H,1-10H3/i11D,13D,14D,23D,24D. The van der Waals surface area contributed by atoms with Crippen LogP contribution < -0.4 is 9.30 Å². The summed E-state index contributed by atoms with van der Waals surface area (Å²) in [5.74, 6) is 2.34. The maximum absolute atomic E-state index is 9.25. The molecule has 5 heteroatoms. The van der Waals surface area contributed by atoms with Gasteiger partial charge in [-0.1, -0.05) is 215 Å². The predicted octanol–water partition coefficient (Wildman–Crippen LogP) is 17.7. The summed E-state index contributed by atoms with van der Waals surface area (Å²) in [7, 11) is 0. The van der Waals surface area contributed by atoms with Gasteiger partial charge in [-0.05, 0) is 109 Å². The van der Waals surface area contributed by atoms with Crippen molar-refractivity contribution in [2.24, 2.45) is 5.41 Å². The summed E-state index contributed by atoms with van der Waals surface area (Å²) in [4.78, 5) is 5.19. The van der Waals surface area contributed by atoms with E-state index in [4.69, 9.17) is 13.8 Å². The van der Waals surface area contributed by atoms with Crippen molar-refractivity contribution in [2.75, 3.05) is 0 Å². The van der Waals surface area contributed by atoms with Crippen LogP contribution in [0.25, 0.3) is 83.4 Å². The Balaban J connectivity index is 1.06. The van der Waals surface area contributed by atoms with Crippen molar-refractivity contribution in [1.82, 2.24) is 14.1 Å². The van der Waals surface area contributed by atoms with Crippen LogP contribution in [0.5, 0.6) is 11.5 Å². The zero-order valence-electron chi connectivity index (χ0n) is 48.4. The molecular formula is C68H64N4O. The average molecular weight is 958 g/mol. The fourth-order valence-electron chi connectivity index (χ4n) is 10.0. The van der Waals surface area contributed by atoms with Crippen LogP contribution >= 0.6 is 0 Å². The smallest absolute Gasteiger partial charge is 0.269 e. The van der Waals surface area contributed by atoms with E-state index in [1.807, 2.05) is 88.1 Å². The Kier molecular flexibility index (Phi) is 10.4. The molecule has 0 saturated heterocycles. The zero-order valence-corrected chi connectivity index (χ0v) is 43.4. The van der Waals surface area contributed by atoms with E-state index < -0.39 is 18.1 Å². The summed E-state index contributed by atoms with van der Waals surface area (Å²) in [5.41, 5.74) is 12.9. The highest BCUT2D eigenvalue weighted by Crippen LogP contribution is 2.43. The van der Waals surface area contributed by atoms with Gasteiger partial charge in [-0.3, -0.25) is 13.7 Å². The number of hydrogen-bond donors (Lipinski definition) is 0. The minimum atomic E-state index is -0.440. The molecule has 3 aromatic heterocycles. The first-order chi connectivity index (χ1) is 37.1. The molecule has 73 heavy (non-hydrogen) atoms. The lowest BCUT2D eigenvalue weighted by atomic mass is 9.76. The van der Waals surface area contributed by atoms with E-state index in [0.29, 0.717) is 22.7 Å². The lowest BCUT2D eigenvalue weighted by Gasteiger charge is -2.30. The normalized spacial score (nSPS) is 13.7. The second kappa shape index (κ2) is 18.2. The van der Waals surface area contributed by atoms with E-state index in [0.717, 1.165) is 77.7 Å². The molecule has 362 valence electrons. The largest absolute Gasteiger partial charge is 0.458 e. The molecule has 0 radical (unpaired) electrons. The molecular weight excluding hydrogens is 889 g/mol. The van der Waals surface area contributed by atoms with Crippen LogP contribution in [0.15, 0.2) is 200 Å². The van der Waals surface area contributed by atoms with Crippen LogP contribution in [0.1, 0.15) is 98.7 Å². The first-order valence-electron chi connectivity index (χ1n) is 27.8. The third-order valence-electron chi connectivity index (χ3n) is 14.5. The van der Waals surface area contributed by atoms with Crippen molar-refractivity contribution in [3.05, 3.63) is 223 Å². The number of rotatable bonds is 9. The predicted molar refractivity (Wildman–Crippen MR) is 304 cm³/mol. The van der Waals surface area contributed by atoms with Gasteiger partial charge >= 0.3 is 0 Å². The number of aromatic nitrogens is 4. The van der Waals surface area contributed by atoms with Crippen molar-refractivity contribution in [3.8, 4) is 62.1 Å². The average Bonchev–Trinajstić information content (AvgIpc) is 4.19. The molecule has 11 rings (SSSR count). The number of benzene rings is 8. The highest BCUT2D eigenvalue weighted by Gasteiger charge is 2.28. The Morgan fingerprint density at radius 2 is 1.18 bits per heavy atom. The SMILES string of the molecule is [2H]c1c([2H])c([2H])c(-c2cccc(-c3cc(C(C)(C)C)cc(C(C)(C)C)c3)c2-[n+]2[c-]n(-c3cccc(Oc4ccc5c6ccccc6n(-c6cc(C(C)C(C)(C)C)c(-c7ccccc7)cn6)c5c4)c3)c3ccccc32)c([2H])c1[2H]. The lowest BCUT2D eigenvalue weighted by Crippen LogP contribution is -2.31. The van der Waals surface area contributed by atoms with Crippen LogP contribution in [-0.4, -0.2) is 14.1 Å². The van der Waals surface area contributed by atoms with Crippen molar-refractivity contribution >= 4 is 32.8 Å². The summed E-state index contributed by atoms with van der Waals surface area (Å²) in [6, 6.07) is 54.3. The molecule has 0 N–H and O–H groups in total. The van der Waals surface area contributed by atoms with Gasteiger partial charge in [-0.25, -0.2) is 4.98 Å². The van der Waals surface area contributed by atoms with Gasteiger partial charge in [-0.15, -0.1) is 0 Å². The number of pyridine rings is 1. The Labute approximate surface area is 438 Å². The van der Waals surface area contributed by atoms with Crippen molar-refractivity contribution < 1.29 is 16.2 Å². The molecule has 0 aliphatic carbocycles. The van der Waals surface area contributed by atoms with Crippen LogP contribution in [0.4, 0.5) is 0 Å². The topological polar surface area (TPSA) is 35.9 Å². The molecule has 0 bridgehead atoms. The summed E-state index contributed by atoms with van der Waals surface area (Å²) < 4.78 is 57.6. The number of fused-ring (bicyclic) bond motifs is 4. The molecule has 0 aliphatic rings. The molecule has 3 heterocycles. The third kappa shape index (κ3) is 8.92. The van der Waals surface area contributed by atoms with E-state index in [9.17, 15) is 2.74 Å². The fraction of sp³-hybridized carbons (Fsp3) is 0.206. The molecule has 0 aliphatic heterocycles. The summed E-state index contributed by atoms with van der Waals surface area (Å²) in [5, 5.41) is 2.21. The van der Waals surface area contributed by atoms with Gasteiger partial charge in [0.1, 0.15) is 17.3 Å². The van der Waals surface area contributed by atoms with Crippen molar-refractivity contribution in [3.63, 3.8) is 0 Å². The van der Waals surface area contributed by atoms with Crippen LogP contribution in [-0.2, 0) is 10.8 Å². The summed E-state index contributed by atoms with van der Waals surface area (Å²) in [6.45, 7) is 22.4. The molecule has 1 unspecified atom stereocenters. The second-order valence-corrected chi connectivity index (χ2v) is 22.5. The molecule has 5 nitrogen and oxygen atoms in total. The fourth-order valence-corrected chi connectivity index (χ4v) is 10.0. The lowest BCUT2D eigenvalue weighted by molar-refractivity contribution is -0.571. The summed E-state index contributed by atoms with van der Waals surface area (Å²) in [6.07, 6.45) is 5.75. The maximum Gasteiger partial charge on any atom is 0.269 e. The summed E-state index contributed by atoms with van der Waals surface area (Å²) >= 11 is 0. The van der Waals surface area contributed by atoms with Gasteiger partial charge in [0.05, 0.1) is 40.3 Å². The molecule has 0 amide bonds. The van der Waals surface area contributed by atoms with Gasteiger partial charge in [0.2, 0.25) is 0 Å². The second-order valence-electron chi connectivity index (χ2n) is 22.5. The number of imidazole rings is 1.